The summed E-state index contributed by atoms with van der Waals surface area (Å²) in [5.74, 6) is 0.121. The molecule has 0 atom stereocenters. The highest BCUT2D eigenvalue weighted by Gasteiger charge is 2.51. The van der Waals surface area contributed by atoms with Crippen LogP contribution in [-0.2, 0) is 20.2 Å². The van der Waals surface area contributed by atoms with Gasteiger partial charge in [-0.15, -0.1) is 13.2 Å². The van der Waals surface area contributed by atoms with E-state index in [4.69, 9.17) is 9.47 Å². The van der Waals surface area contributed by atoms with Crippen molar-refractivity contribution in [3.8, 4) is 28.4 Å². The number of benzene rings is 3. The van der Waals surface area contributed by atoms with E-state index < -0.39 is 32.4 Å². The zero-order chi connectivity index (χ0) is 27.3. The molecule has 3 aromatic carbocycles. The number of sulfonamides is 1. The first kappa shape index (κ1) is 25.9. The van der Waals surface area contributed by atoms with Crippen LogP contribution in [0.5, 0.6) is 17.2 Å². The monoisotopic (exact) mass is 548 g/mol. The second-order valence-electron chi connectivity index (χ2n) is 9.05. The van der Waals surface area contributed by atoms with Crippen molar-refractivity contribution in [3.05, 3.63) is 65.7 Å². The summed E-state index contributed by atoms with van der Waals surface area (Å²) in [5, 5.41) is 2.92. The van der Waals surface area contributed by atoms with Gasteiger partial charge in [-0.05, 0) is 85.5 Å². The van der Waals surface area contributed by atoms with Crippen LogP contribution in [0, 0.1) is 6.92 Å². The Kier molecular flexibility index (Phi) is 6.27. The molecule has 2 aliphatic rings. The average molecular weight is 549 g/mol. The van der Waals surface area contributed by atoms with Crippen LogP contribution in [0.3, 0.4) is 0 Å². The number of alkyl halides is 3. The SMILES string of the molecule is CNS(=O)(=O)c1ccc(-c2cc(NC(=O)C3(c4ccc5c(c4)OCO5)CC3)ccc2C)cc1OC(F)(F)F. The van der Waals surface area contributed by atoms with Gasteiger partial charge in [-0.2, -0.15) is 0 Å². The van der Waals surface area contributed by atoms with Gasteiger partial charge in [0.2, 0.25) is 22.7 Å². The number of carbonyl (C=O) groups excluding carboxylic acids is 1. The number of hydrogen-bond donors (Lipinski definition) is 2. The summed E-state index contributed by atoms with van der Waals surface area (Å²) in [4.78, 5) is 12.7. The van der Waals surface area contributed by atoms with Crippen LogP contribution >= 0.6 is 0 Å². The number of hydrogen-bond acceptors (Lipinski definition) is 6. The molecule has 12 heteroatoms. The van der Waals surface area contributed by atoms with Gasteiger partial charge in [0.15, 0.2) is 11.5 Å². The summed E-state index contributed by atoms with van der Waals surface area (Å²) in [5.41, 5.74) is 2.00. The Hall–Kier alpha value is -3.77. The lowest BCUT2D eigenvalue weighted by atomic mass is 9.94. The van der Waals surface area contributed by atoms with Gasteiger partial charge < -0.3 is 19.5 Å². The van der Waals surface area contributed by atoms with Crippen LogP contribution in [0.1, 0.15) is 24.0 Å². The van der Waals surface area contributed by atoms with Crippen molar-refractivity contribution in [1.29, 1.82) is 0 Å². The molecule has 0 radical (unpaired) electrons. The van der Waals surface area contributed by atoms with Gasteiger partial charge >= 0.3 is 6.36 Å². The molecule has 1 amide bonds. The Bertz CT molecular complexity index is 1530. The number of nitrogens with one attached hydrogen (secondary N) is 2. The largest absolute Gasteiger partial charge is 0.573 e. The first-order valence-electron chi connectivity index (χ1n) is 11.6. The predicted octanol–water partition coefficient (Wildman–Crippen LogP) is 4.87. The molecular weight excluding hydrogens is 525 g/mol. The molecule has 200 valence electrons. The highest BCUT2D eigenvalue weighted by Crippen LogP contribution is 2.51. The molecule has 8 nitrogen and oxygen atoms in total. The molecule has 0 bridgehead atoms. The van der Waals surface area contributed by atoms with E-state index in [0.29, 0.717) is 41.2 Å². The second-order valence-corrected chi connectivity index (χ2v) is 10.9. The first-order valence-corrected chi connectivity index (χ1v) is 13.1. The van der Waals surface area contributed by atoms with Gasteiger partial charge in [-0.25, -0.2) is 13.1 Å². The van der Waals surface area contributed by atoms with E-state index in [9.17, 15) is 26.4 Å². The van der Waals surface area contributed by atoms with Crippen LogP contribution in [0.4, 0.5) is 18.9 Å². The minimum atomic E-state index is -5.10. The van der Waals surface area contributed by atoms with E-state index in [1.165, 1.54) is 6.07 Å². The maximum atomic E-state index is 13.3. The maximum absolute atomic E-state index is 13.3. The van der Waals surface area contributed by atoms with Crippen molar-refractivity contribution in [2.75, 3.05) is 19.2 Å². The van der Waals surface area contributed by atoms with E-state index in [2.05, 4.69) is 10.1 Å². The number of rotatable bonds is 7. The lowest BCUT2D eigenvalue weighted by molar-refractivity contribution is -0.275. The Morgan fingerprint density at radius 1 is 1.00 bits per heavy atom. The fourth-order valence-corrected chi connectivity index (χ4v) is 5.27. The standard InChI is InChI=1S/C26H23F3N2O6S/c1-15-3-6-18(31-24(32)25(9-10-25)17-5-7-20-21(12-17)36-14-35-20)13-19(15)16-4-8-23(38(33,34)30-2)22(11-16)37-26(27,28)29/h3-8,11-13,30H,9-10,14H2,1-2H3,(H,31,32). The molecule has 5 rings (SSSR count). The highest BCUT2D eigenvalue weighted by molar-refractivity contribution is 7.89. The third-order valence-electron chi connectivity index (χ3n) is 6.64. The third-order valence-corrected chi connectivity index (χ3v) is 8.10. The van der Waals surface area contributed by atoms with Crippen LogP contribution in [0.15, 0.2) is 59.5 Å². The van der Waals surface area contributed by atoms with E-state index in [1.54, 1.807) is 37.3 Å². The van der Waals surface area contributed by atoms with Crippen LogP contribution < -0.4 is 24.2 Å². The zero-order valence-electron chi connectivity index (χ0n) is 20.3. The van der Waals surface area contributed by atoms with Crippen LogP contribution in [0.2, 0.25) is 0 Å². The summed E-state index contributed by atoms with van der Waals surface area (Å²) in [6.07, 6.45) is -3.80. The summed E-state index contributed by atoms with van der Waals surface area (Å²) in [7, 11) is -3.13. The highest BCUT2D eigenvalue weighted by atomic mass is 32.2. The van der Waals surface area contributed by atoms with Crippen molar-refractivity contribution in [1.82, 2.24) is 4.72 Å². The molecule has 2 N–H and O–H groups in total. The summed E-state index contributed by atoms with van der Waals surface area (Å²) in [6, 6.07) is 13.9. The minimum absolute atomic E-state index is 0.127. The Balaban J connectivity index is 1.45. The van der Waals surface area contributed by atoms with Crippen molar-refractivity contribution >= 4 is 21.6 Å². The fourth-order valence-electron chi connectivity index (χ4n) is 4.44. The number of amides is 1. The van der Waals surface area contributed by atoms with Crippen LogP contribution in [0.25, 0.3) is 11.1 Å². The Morgan fingerprint density at radius 2 is 1.74 bits per heavy atom. The van der Waals surface area contributed by atoms with Gasteiger partial charge in [0.1, 0.15) is 10.6 Å². The van der Waals surface area contributed by atoms with Crippen molar-refractivity contribution in [2.45, 2.75) is 36.4 Å². The molecule has 1 fully saturated rings. The summed E-state index contributed by atoms with van der Waals surface area (Å²) >= 11 is 0. The Labute approximate surface area is 216 Å². The van der Waals surface area contributed by atoms with Gasteiger partial charge in [0, 0.05) is 5.69 Å². The van der Waals surface area contributed by atoms with E-state index in [-0.39, 0.29) is 18.3 Å². The third kappa shape index (κ3) is 4.88. The lowest BCUT2D eigenvalue weighted by Crippen LogP contribution is -2.27. The molecule has 0 spiro atoms. The second kappa shape index (κ2) is 9.21. The molecule has 0 unspecified atom stereocenters. The number of aryl methyl sites for hydroxylation is 1. The normalized spacial score (nSPS) is 15.7. The van der Waals surface area contributed by atoms with E-state index in [1.807, 2.05) is 10.8 Å². The summed E-state index contributed by atoms with van der Waals surface area (Å²) in [6.45, 7) is 1.88. The first-order chi connectivity index (χ1) is 17.9. The minimum Gasteiger partial charge on any atom is -0.454 e. The maximum Gasteiger partial charge on any atom is 0.573 e. The number of anilines is 1. The van der Waals surface area contributed by atoms with Gasteiger partial charge in [-0.1, -0.05) is 18.2 Å². The molecule has 38 heavy (non-hydrogen) atoms. The smallest absolute Gasteiger partial charge is 0.454 e. The molecule has 0 aromatic heterocycles. The molecule has 1 aliphatic heterocycles. The van der Waals surface area contributed by atoms with Crippen molar-refractivity contribution in [3.63, 3.8) is 0 Å². The predicted molar refractivity (Wildman–Crippen MR) is 132 cm³/mol. The van der Waals surface area contributed by atoms with Crippen molar-refractivity contribution in [2.24, 2.45) is 0 Å². The average Bonchev–Trinajstić information content (AvgIpc) is 3.54. The molecule has 1 aliphatic carbocycles. The quantitative estimate of drug-likeness (QED) is 0.437. The van der Waals surface area contributed by atoms with Crippen molar-refractivity contribution < 1.29 is 40.6 Å². The molecule has 1 saturated carbocycles. The van der Waals surface area contributed by atoms with E-state index in [0.717, 1.165) is 24.7 Å². The number of carbonyl (C=O) groups is 1. The molecular formula is C26H23F3N2O6S. The fraction of sp³-hybridized carbons (Fsp3) is 0.269. The Morgan fingerprint density at radius 3 is 2.42 bits per heavy atom. The molecule has 0 saturated heterocycles. The number of ether oxygens (including phenoxy) is 3. The zero-order valence-corrected chi connectivity index (χ0v) is 21.1. The van der Waals surface area contributed by atoms with Gasteiger partial charge in [-0.3, -0.25) is 4.79 Å². The molecule has 3 aromatic rings. The lowest BCUT2D eigenvalue weighted by Gasteiger charge is -2.18. The van der Waals surface area contributed by atoms with E-state index >= 15 is 0 Å². The number of fused-ring (bicyclic) bond motifs is 1. The van der Waals surface area contributed by atoms with Gasteiger partial charge in [0.25, 0.3) is 0 Å². The molecule has 1 heterocycles. The number of halogens is 3. The van der Waals surface area contributed by atoms with Gasteiger partial charge in [0.05, 0.1) is 5.41 Å². The topological polar surface area (TPSA) is 103 Å². The van der Waals surface area contributed by atoms with Crippen LogP contribution in [-0.4, -0.2) is 34.5 Å². The summed E-state index contributed by atoms with van der Waals surface area (Å²) < 4.78 is 80.5.